The van der Waals surface area contributed by atoms with Crippen LogP contribution in [-0.2, 0) is 0 Å². The zero-order valence-electron chi connectivity index (χ0n) is 11.0. The predicted molar refractivity (Wildman–Crippen MR) is 76.6 cm³/mol. The van der Waals surface area contributed by atoms with Gasteiger partial charge in [0.2, 0.25) is 0 Å². The highest BCUT2D eigenvalue weighted by Crippen LogP contribution is 2.42. The van der Waals surface area contributed by atoms with Crippen molar-refractivity contribution in [3.63, 3.8) is 0 Å². The summed E-state index contributed by atoms with van der Waals surface area (Å²) in [5.74, 6) is 3.21. The van der Waals surface area contributed by atoms with Gasteiger partial charge < -0.3 is 4.90 Å². The van der Waals surface area contributed by atoms with Crippen molar-refractivity contribution in [1.82, 2.24) is 4.90 Å². The molecule has 1 saturated heterocycles. The molecular formula is C15H27NS. The van der Waals surface area contributed by atoms with Crippen molar-refractivity contribution in [2.24, 2.45) is 17.3 Å². The summed E-state index contributed by atoms with van der Waals surface area (Å²) in [4.78, 5) is 2.79. The van der Waals surface area contributed by atoms with E-state index in [1.54, 1.807) is 0 Å². The minimum absolute atomic E-state index is 0.569. The molecule has 0 aromatic rings. The van der Waals surface area contributed by atoms with Crippen LogP contribution in [-0.4, -0.2) is 30.3 Å². The van der Waals surface area contributed by atoms with Crippen LogP contribution in [0, 0.1) is 17.3 Å². The van der Waals surface area contributed by atoms with Crippen molar-refractivity contribution in [2.45, 2.75) is 51.4 Å². The highest BCUT2D eigenvalue weighted by atomic mass is 32.1. The van der Waals surface area contributed by atoms with Crippen molar-refractivity contribution < 1.29 is 0 Å². The molecule has 98 valence electrons. The second-order valence-corrected chi connectivity index (χ2v) is 7.18. The monoisotopic (exact) mass is 253 g/mol. The van der Waals surface area contributed by atoms with E-state index in [9.17, 15) is 0 Å². The van der Waals surface area contributed by atoms with Crippen LogP contribution in [0.3, 0.4) is 0 Å². The van der Waals surface area contributed by atoms with Crippen molar-refractivity contribution in [3.05, 3.63) is 0 Å². The van der Waals surface area contributed by atoms with Gasteiger partial charge in [0.1, 0.15) is 0 Å². The van der Waals surface area contributed by atoms with Gasteiger partial charge in [0.05, 0.1) is 0 Å². The van der Waals surface area contributed by atoms with Crippen LogP contribution in [0.2, 0.25) is 0 Å². The van der Waals surface area contributed by atoms with E-state index in [0.29, 0.717) is 5.41 Å². The molecule has 0 aromatic heterocycles. The third-order valence-corrected chi connectivity index (χ3v) is 6.28. The number of nitrogens with zero attached hydrogens (tertiary/aromatic N) is 1. The number of rotatable bonds is 3. The predicted octanol–water partition coefficient (Wildman–Crippen LogP) is 3.60. The molecule has 2 atom stereocenters. The van der Waals surface area contributed by atoms with Crippen LogP contribution in [0.4, 0.5) is 0 Å². The number of hydrogen-bond donors (Lipinski definition) is 1. The second-order valence-electron chi connectivity index (χ2n) is 6.86. The molecule has 2 aliphatic carbocycles. The molecule has 2 unspecified atom stereocenters. The second kappa shape index (κ2) is 5.13. The minimum Gasteiger partial charge on any atom is -0.302 e. The topological polar surface area (TPSA) is 3.24 Å². The standard InChI is InChI=1S/C15H27NS/c17-12-15(7-2-1-3-8-15)11-16-9-13-5-4-6-14(13)10-16/h13-14,17H,1-12H2. The number of thiol groups is 1. The third kappa shape index (κ3) is 2.53. The van der Waals surface area contributed by atoms with E-state index in [0.717, 1.165) is 17.6 Å². The Morgan fingerprint density at radius 3 is 2.18 bits per heavy atom. The summed E-state index contributed by atoms with van der Waals surface area (Å²) in [7, 11) is 0. The Balaban J connectivity index is 1.58. The molecule has 1 nitrogen and oxygen atoms in total. The lowest BCUT2D eigenvalue weighted by Gasteiger charge is -2.39. The summed E-state index contributed by atoms with van der Waals surface area (Å²) >= 11 is 4.68. The zero-order valence-corrected chi connectivity index (χ0v) is 11.9. The molecule has 17 heavy (non-hydrogen) atoms. The molecule has 0 spiro atoms. The first kappa shape index (κ1) is 12.3. The summed E-state index contributed by atoms with van der Waals surface area (Å²) in [6, 6.07) is 0. The Kier molecular flexibility index (Phi) is 3.72. The summed E-state index contributed by atoms with van der Waals surface area (Å²) in [5.41, 5.74) is 0.569. The molecule has 3 rings (SSSR count). The van der Waals surface area contributed by atoms with Crippen molar-refractivity contribution >= 4 is 12.6 Å². The Bertz CT molecular complexity index is 248. The van der Waals surface area contributed by atoms with Gasteiger partial charge in [0.15, 0.2) is 0 Å². The maximum atomic E-state index is 4.68. The Labute approximate surface area is 112 Å². The Morgan fingerprint density at radius 2 is 1.59 bits per heavy atom. The molecular weight excluding hydrogens is 226 g/mol. The minimum atomic E-state index is 0.569. The van der Waals surface area contributed by atoms with Crippen molar-refractivity contribution in [3.8, 4) is 0 Å². The van der Waals surface area contributed by atoms with E-state index < -0.39 is 0 Å². The lowest BCUT2D eigenvalue weighted by molar-refractivity contribution is 0.138. The average molecular weight is 253 g/mol. The molecule has 0 bridgehead atoms. The maximum absolute atomic E-state index is 4.68. The smallest absolute Gasteiger partial charge is 0.00460 e. The fraction of sp³-hybridized carbons (Fsp3) is 1.00. The van der Waals surface area contributed by atoms with Gasteiger partial charge in [0.25, 0.3) is 0 Å². The first-order valence-corrected chi connectivity index (χ1v) is 8.28. The van der Waals surface area contributed by atoms with Crippen molar-refractivity contribution in [1.29, 1.82) is 0 Å². The molecule has 0 radical (unpaired) electrons. The summed E-state index contributed by atoms with van der Waals surface area (Å²) in [6.45, 7) is 4.16. The lowest BCUT2D eigenvalue weighted by Crippen LogP contribution is -2.40. The molecule has 0 aromatic carbocycles. The van der Waals surface area contributed by atoms with E-state index in [2.05, 4.69) is 17.5 Å². The molecule has 2 saturated carbocycles. The molecule has 3 fully saturated rings. The Morgan fingerprint density at radius 1 is 0.941 bits per heavy atom. The van der Waals surface area contributed by atoms with Gasteiger partial charge in [-0.05, 0) is 48.7 Å². The fourth-order valence-electron chi connectivity index (χ4n) is 4.60. The first-order chi connectivity index (χ1) is 8.31. The molecule has 1 aliphatic heterocycles. The van der Waals surface area contributed by atoms with Crippen LogP contribution in [0.15, 0.2) is 0 Å². The molecule has 1 heterocycles. The van der Waals surface area contributed by atoms with E-state index >= 15 is 0 Å². The zero-order chi connectivity index (χ0) is 11.7. The van der Waals surface area contributed by atoms with Gasteiger partial charge in [-0.1, -0.05) is 25.7 Å². The lowest BCUT2D eigenvalue weighted by atomic mass is 9.75. The van der Waals surface area contributed by atoms with E-state index in [-0.39, 0.29) is 0 Å². The number of fused-ring (bicyclic) bond motifs is 1. The van der Waals surface area contributed by atoms with Crippen LogP contribution in [0.25, 0.3) is 0 Å². The van der Waals surface area contributed by atoms with Crippen LogP contribution >= 0.6 is 12.6 Å². The van der Waals surface area contributed by atoms with E-state index in [1.165, 1.54) is 71.0 Å². The average Bonchev–Trinajstić information content (AvgIpc) is 2.91. The van der Waals surface area contributed by atoms with Crippen molar-refractivity contribution in [2.75, 3.05) is 25.4 Å². The molecule has 2 heteroatoms. The van der Waals surface area contributed by atoms with Gasteiger partial charge in [0, 0.05) is 19.6 Å². The normalized spacial score (nSPS) is 37.2. The highest BCUT2D eigenvalue weighted by Gasteiger charge is 2.40. The van der Waals surface area contributed by atoms with Gasteiger partial charge >= 0.3 is 0 Å². The summed E-state index contributed by atoms with van der Waals surface area (Å²) < 4.78 is 0. The van der Waals surface area contributed by atoms with Gasteiger partial charge in [-0.25, -0.2) is 0 Å². The largest absolute Gasteiger partial charge is 0.302 e. The van der Waals surface area contributed by atoms with E-state index in [1.807, 2.05) is 0 Å². The van der Waals surface area contributed by atoms with Crippen LogP contribution in [0.1, 0.15) is 51.4 Å². The SMILES string of the molecule is SCC1(CN2CC3CCCC3C2)CCCCC1. The maximum Gasteiger partial charge on any atom is 0.00460 e. The third-order valence-electron chi connectivity index (χ3n) is 5.61. The fourth-order valence-corrected chi connectivity index (χ4v) is 5.02. The van der Waals surface area contributed by atoms with Gasteiger partial charge in [-0.3, -0.25) is 0 Å². The van der Waals surface area contributed by atoms with E-state index in [4.69, 9.17) is 0 Å². The quantitative estimate of drug-likeness (QED) is 0.752. The number of likely N-dealkylation sites (tertiary alicyclic amines) is 1. The van der Waals surface area contributed by atoms with Crippen LogP contribution < -0.4 is 0 Å². The molecule has 3 aliphatic rings. The molecule has 0 amide bonds. The highest BCUT2D eigenvalue weighted by molar-refractivity contribution is 7.80. The van der Waals surface area contributed by atoms with Gasteiger partial charge in [-0.15, -0.1) is 0 Å². The van der Waals surface area contributed by atoms with Crippen LogP contribution in [0.5, 0.6) is 0 Å². The Hall–Kier alpha value is 0.310. The summed E-state index contributed by atoms with van der Waals surface area (Å²) in [6.07, 6.45) is 11.7. The van der Waals surface area contributed by atoms with Gasteiger partial charge in [-0.2, -0.15) is 12.6 Å². The number of hydrogen-bond acceptors (Lipinski definition) is 2. The molecule has 0 N–H and O–H groups in total. The summed E-state index contributed by atoms with van der Waals surface area (Å²) in [5, 5.41) is 0. The first-order valence-electron chi connectivity index (χ1n) is 7.65.